The molecule has 4 aromatic rings. The van der Waals surface area contributed by atoms with Crippen LogP contribution in [0.5, 0.6) is 0 Å². The molecule has 8 nitrogen and oxygen atoms in total. The number of nitrogens with two attached hydrogens (primary N) is 1. The smallest absolute Gasteiger partial charge is 0.423 e. The average molecular weight is 388 g/mol. The lowest BCUT2D eigenvalue weighted by atomic mass is 9.80. The van der Waals surface area contributed by atoms with Gasteiger partial charge in [-0.15, -0.1) is 0 Å². The van der Waals surface area contributed by atoms with Crippen LogP contribution in [0.2, 0.25) is 0 Å². The number of aromatic nitrogens is 4. The van der Waals surface area contributed by atoms with Crippen LogP contribution in [0.25, 0.3) is 16.9 Å². The molecular formula is C20H21BN6O2. The van der Waals surface area contributed by atoms with Crippen molar-refractivity contribution in [2.45, 2.75) is 20.0 Å². The number of fused-ring (bicyclic) bond motifs is 1. The highest BCUT2D eigenvalue weighted by Gasteiger charge is 2.13. The zero-order valence-electron chi connectivity index (χ0n) is 15.9. The maximum Gasteiger partial charge on any atom is 0.488 e. The molecule has 2 aromatic carbocycles. The van der Waals surface area contributed by atoms with Gasteiger partial charge in [-0.25, -0.2) is 9.97 Å². The molecule has 0 atom stereocenters. The number of benzene rings is 2. The Bertz CT molecular complexity index is 1160. The number of hydrogen-bond donors (Lipinski definition) is 4. The van der Waals surface area contributed by atoms with Crippen LogP contribution < -0.4 is 16.5 Å². The maximum atomic E-state index is 9.32. The summed E-state index contributed by atoms with van der Waals surface area (Å²) < 4.78 is 1.98. The van der Waals surface area contributed by atoms with Crippen LogP contribution in [-0.4, -0.2) is 36.7 Å². The van der Waals surface area contributed by atoms with Crippen molar-refractivity contribution in [3.8, 4) is 5.95 Å². The van der Waals surface area contributed by atoms with E-state index < -0.39 is 7.12 Å². The Hall–Kier alpha value is -3.27. The first-order valence-corrected chi connectivity index (χ1v) is 9.25. The Balaban J connectivity index is 1.62. The Kier molecular flexibility index (Phi) is 5.26. The molecule has 0 aliphatic heterocycles. The summed E-state index contributed by atoms with van der Waals surface area (Å²) in [6.45, 7) is 2.90. The van der Waals surface area contributed by atoms with Gasteiger partial charge in [0.1, 0.15) is 6.33 Å². The molecule has 5 N–H and O–H groups in total. The van der Waals surface area contributed by atoms with E-state index in [1.165, 1.54) is 6.33 Å². The highest BCUT2D eigenvalue weighted by atomic mass is 16.4. The van der Waals surface area contributed by atoms with E-state index in [-0.39, 0.29) is 0 Å². The van der Waals surface area contributed by atoms with E-state index in [4.69, 9.17) is 5.73 Å². The second kappa shape index (κ2) is 8.00. The summed E-state index contributed by atoms with van der Waals surface area (Å²) in [6.07, 6.45) is 1.47. The van der Waals surface area contributed by atoms with Gasteiger partial charge in [-0.1, -0.05) is 36.4 Å². The summed E-state index contributed by atoms with van der Waals surface area (Å²) in [6, 6.07) is 15.1. The quantitative estimate of drug-likeness (QED) is 0.362. The summed E-state index contributed by atoms with van der Waals surface area (Å²) in [5.41, 5.74) is 10.3. The topological polar surface area (TPSA) is 122 Å². The van der Waals surface area contributed by atoms with Crippen molar-refractivity contribution in [1.29, 1.82) is 0 Å². The third kappa shape index (κ3) is 3.84. The van der Waals surface area contributed by atoms with E-state index in [9.17, 15) is 10.0 Å². The van der Waals surface area contributed by atoms with E-state index in [1.807, 2.05) is 35.8 Å². The predicted molar refractivity (Wildman–Crippen MR) is 113 cm³/mol. The van der Waals surface area contributed by atoms with Gasteiger partial charge < -0.3 is 21.1 Å². The van der Waals surface area contributed by atoms with Gasteiger partial charge in [0.15, 0.2) is 0 Å². The lowest BCUT2D eigenvalue weighted by molar-refractivity contribution is 0.425. The normalized spacial score (nSPS) is 11.0. The maximum absolute atomic E-state index is 9.32. The second-order valence-electron chi connectivity index (χ2n) is 6.76. The second-order valence-corrected chi connectivity index (χ2v) is 6.76. The van der Waals surface area contributed by atoms with Gasteiger partial charge in [0, 0.05) is 24.2 Å². The fourth-order valence-corrected chi connectivity index (χ4v) is 3.39. The standard InChI is InChI=1S/C20H21BN6O2/c1-13-8-17-15(10-22)5-3-7-18(17)27(13)20-25-12-24-19(26-20)23-11-14-4-2-6-16(9-14)21(28)29/h2-9,12,28-29H,10-11,22H2,1H3,(H,23,24,25,26). The van der Waals surface area contributed by atoms with Gasteiger partial charge >= 0.3 is 7.12 Å². The predicted octanol–water partition coefficient (Wildman–Crippen LogP) is 0.875. The Labute approximate surface area is 168 Å². The Morgan fingerprint density at radius 2 is 1.93 bits per heavy atom. The fourth-order valence-electron chi connectivity index (χ4n) is 3.39. The van der Waals surface area contributed by atoms with Gasteiger partial charge in [-0.2, -0.15) is 4.98 Å². The van der Waals surface area contributed by atoms with Gasteiger partial charge in [0.05, 0.1) is 5.52 Å². The molecule has 0 aliphatic carbocycles. The van der Waals surface area contributed by atoms with Crippen LogP contribution >= 0.6 is 0 Å². The number of anilines is 1. The summed E-state index contributed by atoms with van der Waals surface area (Å²) >= 11 is 0. The first-order valence-electron chi connectivity index (χ1n) is 9.25. The van der Waals surface area contributed by atoms with Crippen LogP contribution in [0.4, 0.5) is 5.95 Å². The van der Waals surface area contributed by atoms with E-state index in [1.54, 1.807) is 18.2 Å². The van der Waals surface area contributed by atoms with Crippen molar-refractivity contribution < 1.29 is 10.0 Å². The highest BCUT2D eigenvalue weighted by molar-refractivity contribution is 6.58. The molecule has 2 aromatic heterocycles. The first kappa shape index (κ1) is 19.1. The molecule has 0 amide bonds. The van der Waals surface area contributed by atoms with Gasteiger partial charge in [-0.05, 0) is 35.6 Å². The van der Waals surface area contributed by atoms with Crippen molar-refractivity contribution in [1.82, 2.24) is 19.5 Å². The zero-order valence-corrected chi connectivity index (χ0v) is 15.9. The fraction of sp³-hybridized carbons (Fsp3) is 0.150. The molecule has 0 radical (unpaired) electrons. The van der Waals surface area contributed by atoms with E-state index >= 15 is 0 Å². The lowest BCUT2D eigenvalue weighted by Crippen LogP contribution is -2.30. The van der Waals surface area contributed by atoms with Gasteiger partial charge in [0.2, 0.25) is 11.9 Å². The molecule has 146 valence electrons. The van der Waals surface area contributed by atoms with Crippen LogP contribution in [0.1, 0.15) is 16.8 Å². The Morgan fingerprint density at radius 3 is 2.72 bits per heavy atom. The molecule has 2 heterocycles. The summed E-state index contributed by atoms with van der Waals surface area (Å²) in [7, 11) is -1.50. The molecule has 4 rings (SSSR count). The molecule has 9 heteroatoms. The van der Waals surface area contributed by atoms with Gasteiger partial charge in [-0.3, -0.25) is 4.57 Å². The molecule has 0 spiro atoms. The monoisotopic (exact) mass is 388 g/mol. The van der Waals surface area contributed by atoms with Crippen LogP contribution in [0.3, 0.4) is 0 Å². The van der Waals surface area contributed by atoms with Crippen molar-refractivity contribution >= 4 is 29.4 Å². The van der Waals surface area contributed by atoms with Crippen molar-refractivity contribution in [3.05, 3.63) is 71.7 Å². The highest BCUT2D eigenvalue weighted by Crippen LogP contribution is 2.25. The van der Waals surface area contributed by atoms with Crippen LogP contribution in [-0.2, 0) is 13.1 Å². The van der Waals surface area contributed by atoms with E-state index in [0.29, 0.717) is 30.4 Å². The largest absolute Gasteiger partial charge is 0.488 e. The zero-order chi connectivity index (χ0) is 20.4. The van der Waals surface area contributed by atoms with Crippen LogP contribution in [0.15, 0.2) is 54.9 Å². The minimum absolute atomic E-state index is 0.432. The molecule has 0 unspecified atom stereocenters. The van der Waals surface area contributed by atoms with Crippen molar-refractivity contribution in [2.75, 3.05) is 5.32 Å². The number of rotatable bonds is 6. The average Bonchev–Trinajstić information content (AvgIpc) is 3.08. The molecule has 0 aliphatic rings. The minimum Gasteiger partial charge on any atom is -0.423 e. The summed E-state index contributed by atoms with van der Waals surface area (Å²) in [5, 5.41) is 22.9. The molecule has 0 saturated carbocycles. The third-order valence-electron chi connectivity index (χ3n) is 4.80. The number of nitrogens with zero attached hydrogens (tertiary/aromatic N) is 4. The summed E-state index contributed by atoms with van der Waals surface area (Å²) in [4.78, 5) is 13.1. The first-order chi connectivity index (χ1) is 14.1. The Morgan fingerprint density at radius 1 is 1.10 bits per heavy atom. The SMILES string of the molecule is Cc1cc2c(CN)cccc2n1-c1ncnc(NCc2cccc(B(O)O)c2)n1. The van der Waals surface area contributed by atoms with Crippen LogP contribution in [0, 0.1) is 6.92 Å². The molecule has 0 bridgehead atoms. The van der Waals surface area contributed by atoms with E-state index in [2.05, 4.69) is 26.3 Å². The number of aryl methyl sites for hydroxylation is 1. The minimum atomic E-state index is -1.50. The lowest BCUT2D eigenvalue weighted by Gasteiger charge is -2.10. The van der Waals surface area contributed by atoms with Gasteiger partial charge in [0.25, 0.3) is 0 Å². The number of nitrogens with one attached hydrogen (secondary N) is 1. The summed E-state index contributed by atoms with van der Waals surface area (Å²) in [5.74, 6) is 0.949. The van der Waals surface area contributed by atoms with Crippen molar-refractivity contribution in [3.63, 3.8) is 0 Å². The molecular weight excluding hydrogens is 367 g/mol. The number of hydrogen-bond acceptors (Lipinski definition) is 7. The van der Waals surface area contributed by atoms with Crippen molar-refractivity contribution in [2.24, 2.45) is 5.73 Å². The molecule has 0 saturated heterocycles. The third-order valence-corrected chi connectivity index (χ3v) is 4.80. The molecule has 29 heavy (non-hydrogen) atoms. The molecule has 0 fully saturated rings. The van der Waals surface area contributed by atoms with E-state index in [0.717, 1.165) is 27.7 Å².